The minimum Gasteiger partial charge on any atom is -0.464 e. The number of hydrogen-bond acceptors (Lipinski definition) is 7. The van der Waals surface area contributed by atoms with E-state index in [1.807, 2.05) is 60.7 Å². The first-order chi connectivity index (χ1) is 18.5. The van der Waals surface area contributed by atoms with Crippen LogP contribution in [0.25, 0.3) is 0 Å². The first-order valence-corrected chi connectivity index (χ1v) is 13.2. The molecule has 9 heteroatoms. The van der Waals surface area contributed by atoms with Crippen molar-refractivity contribution in [2.45, 2.75) is 70.6 Å². The summed E-state index contributed by atoms with van der Waals surface area (Å²) >= 11 is 0. The van der Waals surface area contributed by atoms with Gasteiger partial charge in [0.25, 0.3) is 0 Å². The topological polar surface area (TPSA) is 111 Å². The Hall–Kier alpha value is -3.88. The third-order valence-electron chi connectivity index (χ3n) is 6.43. The first kappa shape index (κ1) is 29.7. The van der Waals surface area contributed by atoms with Gasteiger partial charge in [0, 0.05) is 18.8 Å². The van der Waals surface area contributed by atoms with E-state index < -0.39 is 35.2 Å². The monoisotopic (exact) mass is 538 g/mol. The number of benzene rings is 2. The fourth-order valence-electron chi connectivity index (χ4n) is 4.77. The summed E-state index contributed by atoms with van der Waals surface area (Å²) in [4.78, 5) is 54.3. The van der Waals surface area contributed by atoms with Crippen LogP contribution in [0.5, 0.6) is 0 Å². The second-order valence-corrected chi connectivity index (χ2v) is 10.5. The van der Waals surface area contributed by atoms with Crippen LogP contribution in [-0.4, -0.2) is 65.8 Å². The van der Waals surface area contributed by atoms with E-state index in [9.17, 15) is 19.2 Å². The predicted octanol–water partition coefficient (Wildman–Crippen LogP) is 4.20. The van der Waals surface area contributed by atoms with Gasteiger partial charge < -0.3 is 24.4 Å². The summed E-state index contributed by atoms with van der Waals surface area (Å²) in [5, 5.41) is 2.62. The van der Waals surface area contributed by atoms with Crippen molar-refractivity contribution >= 4 is 23.9 Å². The van der Waals surface area contributed by atoms with Crippen molar-refractivity contribution in [2.24, 2.45) is 0 Å². The molecule has 2 unspecified atom stereocenters. The van der Waals surface area contributed by atoms with Crippen molar-refractivity contribution < 1.29 is 33.4 Å². The van der Waals surface area contributed by atoms with Gasteiger partial charge in [-0.2, -0.15) is 0 Å². The molecule has 0 radical (unpaired) electrons. The minimum absolute atomic E-state index is 0.0370. The molecule has 1 aliphatic heterocycles. The molecule has 0 spiro atoms. The molecule has 39 heavy (non-hydrogen) atoms. The fourth-order valence-corrected chi connectivity index (χ4v) is 4.77. The molecule has 0 saturated carbocycles. The molecule has 210 valence electrons. The van der Waals surface area contributed by atoms with Crippen LogP contribution >= 0.6 is 0 Å². The van der Waals surface area contributed by atoms with Crippen molar-refractivity contribution in [3.63, 3.8) is 0 Å². The number of nitrogens with one attached hydrogen (secondary N) is 1. The number of ether oxygens (including phenoxy) is 3. The molecule has 2 atom stereocenters. The van der Waals surface area contributed by atoms with Crippen LogP contribution in [0, 0.1) is 0 Å². The Balaban J connectivity index is 1.97. The maximum Gasteiger partial charge on any atom is 0.408 e. The Morgan fingerprint density at radius 3 is 1.95 bits per heavy atom. The average Bonchev–Trinajstić information content (AvgIpc) is 3.28. The summed E-state index contributed by atoms with van der Waals surface area (Å²) in [5.41, 5.74) is -0.631. The van der Waals surface area contributed by atoms with E-state index in [-0.39, 0.29) is 44.4 Å². The summed E-state index contributed by atoms with van der Waals surface area (Å²) in [7, 11) is 0. The number of hydrogen-bond donors (Lipinski definition) is 1. The Bertz CT molecular complexity index is 1110. The molecule has 1 saturated heterocycles. The smallest absolute Gasteiger partial charge is 0.408 e. The van der Waals surface area contributed by atoms with E-state index >= 15 is 0 Å². The highest BCUT2D eigenvalue weighted by molar-refractivity contribution is 5.93. The van der Waals surface area contributed by atoms with Crippen molar-refractivity contribution in [2.75, 3.05) is 19.8 Å². The molecule has 0 aromatic heterocycles. The van der Waals surface area contributed by atoms with Gasteiger partial charge in [0.05, 0.1) is 19.8 Å². The van der Waals surface area contributed by atoms with Crippen molar-refractivity contribution in [3.8, 4) is 0 Å². The summed E-state index contributed by atoms with van der Waals surface area (Å²) in [6.07, 6.45) is -1.01. The van der Waals surface area contributed by atoms with Crippen LogP contribution in [0.3, 0.4) is 0 Å². The van der Waals surface area contributed by atoms with Crippen LogP contribution in [0.4, 0.5) is 4.79 Å². The molecular weight excluding hydrogens is 500 g/mol. The lowest BCUT2D eigenvalue weighted by Gasteiger charge is -2.30. The number of esters is 2. The quantitative estimate of drug-likeness (QED) is 0.376. The zero-order chi connectivity index (χ0) is 28.6. The Morgan fingerprint density at radius 2 is 1.46 bits per heavy atom. The molecule has 2 aromatic carbocycles. The molecule has 1 fully saturated rings. The highest BCUT2D eigenvalue weighted by atomic mass is 16.6. The number of carbonyl (C=O) groups excluding carboxylic acids is 4. The Kier molecular flexibility index (Phi) is 9.72. The van der Waals surface area contributed by atoms with Gasteiger partial charge in [0.1, 0.15) is 11.6 Å². The molecule has 1 heterocycles. The van der Waals surface area contributed by atoms with Crippen LogP contribution < -0.4 is 5.32 Å². The maximum absolute atomic E-state index is 13.9. The van der Waals surface area contributed by atoms with Gasteiger partial charge in [-0.25, -0.2) is 14.4 Å². The first-order valence-electron chi connectivity index (χ1n) is 13.2. The van der Waals surface area contributed by atoms with Gasteiger partial charge in [-0.15, -0.1) is 0 Å². The summed E-state index contributed by atoms with van der Waals surface area (Å²) in [5.74, 6) is -2.05. The third-order valence-corrected chi connectivity index (χ3v) is 6.43. The summed E-state index contributed by atoms with van der Waals surface area (Å²) in [6, 6.07) is 18.1. The van der Waals surface area contributed by atoms with E-state index in [4.69, 9.17) is 14.2 Å². The lowest BCUT2D eigenvalue weighted by molar-refractivity contribution is -0.153. The minimum atomic E-state index is -1.68. The van der Waals surface area contributed by atoms with Crippen molar-refractivity contribution in [3.05, 3.63) is 71.8 Å². The second kappa shape index (κ2) is 12.8. The molecule has 9 nitrogen and oxygen atoms in total. The number of nitrogens with zero attached hydrogens (tertiary/aromatic N) is 1. The summed E-state index contributed by atoms with van der Waals surface area (Å²) in [6.45, 7) is 8.29. The number of amides is 2. The van der Waals surface area contributed by atoms with Crippen LogP contribution in [0.1, 0.15) is 64.5 Å². The molecule has 0 bridgehead atoms. The van der Waals surface area contributed by atoms with E-state index in [1.54, 1.807) is 34.6 Å². The number of rotatable bonds is 9. The average molecular weight is 539 g/mol. The van der Waals surface area contributed by atoms with Crippen LogP contribution in [0.2, 0.25) is 0 Å². The van der Waals surface area contributed by atoms with Gasteiger partial charge in [0.15, 0.2) is 5.54 Å². The normalized spacial score (nSPS) is 18.9. The Morgan fingerprint density at radius 1 is 0.923 bits per heavy atom. The molecule has 2 amide bonds. The SMILES string of the molecule is CCOC(=O)C1CC(NC(=O)OC(C)(C)C)(C(=O)OCC)CN1C(=O)CC(c1ccccc1)c1ccccc1. The van der Waals surface area contributed by atoms with E-state index in [1.165, 1.54) is 4.90 Å². The molecule has 1 aliphatic rings. The zero-order valence-electron chi connectivity index (χ0n) is 23.3. The number of likely N-dealkylation sites (tertiary alicyclic amines) is 1. The molecule has 2 aromatic rings. The number of carbonyl (C=O) groups is 4. The highest BCUT2D eigenvalue weighted by Crippen LogP contribution is 2.34. The van der Waals surface area contributed by atoms with Gasteiger partial charge in [-0.3, -0.25) is 4.79 Å². The van der Waals surface area contributed by atoms with E-state index in [0.717, 1.165) is 11.1 Å². The third kappa shape index (κ3) is 7.59. The molecular formula is C30H38N2O7. The highest BCUT2D eigenvalue weighted by Gasteiger charge is 2.56. The molecule has 0 aliphatic carbocycles. The van der Waals surface area contributed by atoms with Crippen LogP contribution in [-0.2, 0) is 28.6 Å². The second-order valence-electron chi connectivity index (χ2n) is 10.5. The van der Waals surface area contributed by atoms with Gasteiger partial charge in [0.2, 0.25) is 5.91 Å². The lowest BCUT2D eigenvalue weighted by Crippen LogP contribution is -2.58. The fraction of sp³-hybridized carbons (Fsp3) is 0.467. The molecule has 1 N–H and O–H groups in total. The zero-order valence-corrected chi connectivity index (χ0v) is 23.3. The van der Waals surface area contributed by atoms with E-state index in [2.05, 4.69) is 5.32 Å². The number of alkyl carbamates (subject to hydrolysis) is 1. The Labute approximate surface area is 229 Å². The van der Waals surface area contributed by atoms with Gasteiger partial charge in [-0.1, -0.05) is 60.7 Å². The lowest BCUT2D eigenvalue weighted by atomic mass is 9.88. The largest absolute Gasteiger partial charge is 0.464 e. The van der Waals surface area contributed by atoms with E-state index in [0.29, 0.717) is 0 Å². The summed E-state index contributed by atoms with van der Waals surface area (Å²) < 4.78 is 16.0. The van der Waals surface area contributed by atoms with Crippen molar-refractivity contribution in [1.29, 1.82) is 0 Å². The molecule has 3 rings (SSSR count). The maximum atomic E-state index is 13.9. The van der Waals surface area contributed by atoms with Gasteiger partial charge >= 0.3 is 18.0 Å². The van der Waals surface area contributed by atoms with Crippen LogP contribution in [0.15, 0.2) is 60.7 Å². The standard InChI is InChI=1S/C30H38N2O7/c1-6-37-26(34)24-19-30(27(35)38-7-2,31-28(36)39-29(3,4)5)20-32(24)25(33)18-23(21-14-10-8-11-15-21)22-16-12-9-13-17-22/h8-17,23-24H,6-7,18-20H2,1-5H3,(H,31,36). The van der Waals surface area contributed by atoms with Crippen molar-refractivity contribution in [1.82, 2.24) is 10.2 Å². The predicted molar refractivity (Wildman–Crippen MR) is 145 cm³/mol. The van der Waals surface area contributed by atoms with Gasteiger partial charge in [-0.05, 0) is 45.7 Å².